The van der Waals surface area contributed by atoms with Crippen LogP contribution in [0.3, 0.4) is 0 Å². The van der Waals surface area contributed by atoms with Crippen LogP contribution in [0.2, 0.25) is 0 Å². The minimum atomic E-state index is -0.718. The number of nitrogens with two attached hydrogens (primary N) is 1. The molecule has 0 saturated heterocycles. The van der Waals surface area contributed by atoms with Crippen molar-refractivity contribution in [3.8, 4) is 0 Å². The molecule has 4 atom stereocenters. The zero-order valence-corrected chi connectivity index (χ0v) is 16.4. The van der Waals surface area contributed by atoms with Crippen molar-refractivity contribution in [2.24, 2.45) is 17.6 Å². The number of hydrogen-bond acceptors (Lipinski definition) is 4. The van der Waals surface area contributed by atoms with Gasteiger partial charge in [0.1, 0.15) is 17.9 Å². The van der Waals surface area contributed by atoms with Crippen LogP contribution in [0.1, 0.15) is 48.7 Å². The Morgan fingerprint density at radius 3 is 2.55 bits per heavy atom. The summed E-state index contributed by atoms with van der Waals surface area (Å²) in [6.07, 6.45) is 1.43. The average Bonchev–Trinajstić information content (AvgIpc) is 3.49. The van der Waals surface area contributed by atoms with Crippen molar-refractivity contribution in [3.05, 3.63) is 59.2 Å². The van der Waals surface area contributed by atoms with Crippen molar-refractivity contribution in [1.82, 2.24) is 0 Å². The van der Waals surface area contributed by atoms with Crippen LogP contribution in [0.25, 0.3) is 0 Å². The number of aliphatic hydroxyl groups excluding tert-OH is 1. The highest BCUT2D eigenvalue weighted by Gasteiger charge is 2.47. The highest BCUT2D eigenvalue weighted by atomic mass is 19.1. The maximum absolute atomic E-state index is 14.4. The van der Waals surface area contributed by atoms with E-state index in [-0.39, 0.29) is 23.7 Å². The second-order valence-corrected chi connectivity index (χ2v) is 8.11. The molecule has 2 aliphatic rings. The van der Waals surface area contributed by atoms with Gasteiger partial charge >= 0.3 is 0 Å². The summed E-state index contributed by atoms with van der Waals surface area (Å²) in [7, 11) is 0. The fourth-order valence-corrected chi connectivity index (χ4v) is 4.61. The third-order valence-corrected chi connectivity index (χ3v) is 6.06. The van der Waals surface area contributed by atoms with Gasteiger partial charge in [-0.1, -0.05) is 6.92 Å². The van der Waals surface area contributed by atoms with Crippen LogP contribution in [0.5, 0.6) is 0 Å². The lowest BCUT2D eigenvalue weighted by molar-refractivity contribution is 0.1000. The summed E-state index contributed by atoms with van der Waals surface area (Å²) in [5, 5.41) is 13.7. The van der Waals surface area contributed by atoms with Gasteiger partial charge in [-0.15, -0.1) is 0 Å². The smallest absolute Gasteiger partial charge is 0.248 e. The highest BCUT2D eigenvalue weighted by molar-refractivity contribution is 5.93. The maximum atomic E-state index is 14.4. The Morgan fingerprint density at radius 1 is 1.24 bits per heavy atom. The van der Waals surface area contributed by atoms with E-state index in [4.69, 9.17) is 5.73 Å². The first kappa shape index (κ1) is 19.6. The number of fused-ring (bicyclic) bond motifs is 1. The molecule has 1 aliphatic carbocycles. The molecule has 1 heterocycles. The molecular formula is C22H25F2N3O2. The Labute approximate surface area is 168 Å². The Kier molecular flexibility index (Phi) is 4.94. The van der Waals surface area contributed by atoms with Gasteiger partial charge in [-0.2, -0.15) is 0 Å². The number of rotatable bonds is 5. The molecule has 7 heteroatoms. The van der Waals surface area contributed by atoms with Gasteiger partial charge in [-0.3, -0.25) is 4.79 Å². The molecule has 0 bridgehead atoms. The van der Waals surface area contributed by atoms with E-state index in [1.54, 1.807) is 25.1 Å². The van der Waals surface area contributed by atoms with Gasteiger partial charge < -0.3 is 21.1 Å². The zero-order valence-electron chi connectivity index (χ0n) is 16.4. The number of primary amides is 1. The topological polar surface area (TPSA) is 78.6 Å². The summed E-state index contributed by atoms with van der Waals surface area (Å²) < 4.78 is 27.7. The fourth-order valence-electron chi connectivity index (χ4n) is 4.61. The molecule has 4 N–H and O–H groups in total. The van der Waals surface area contributed by atoms with Gasteiger partial charge in [0.05, 0.1) is 11.7 Å². The number of anilines is 2. The molecule has 0 radical (unpaired) electrons. The molecular weight excluding hydrogens is 376 g/mol. The number of carbonyl (C=O) groups excluding carboxylic acids is 1. The molecule has 2 aromatic carbocycles. The number of hydrogen-bond donors (Lipinski definition) is 3. The standard InChI is InChI=1S/C22H25F2N3O2/c1-11-20(26-18-7-6-15(23)10-17(18)24)16-9-14(22(25)29)5-8-19(16)27(12(2)28)21(11)13-3-4-13/h5-13,20-21,26,28H,3-4H2,1-2H3,(H2,25,29)/t11-,12?,20-,21-/m1/s1. The van der Waals surface area contributed by atoms with Crippen LogP contribution in [0, 0.1) is 23.5 Å². The summed E-state index contributed by atoms with van der Waals surface area (Å²) in [5.74, 6) is -1.44. The number of nitrogens with one attached hydrogen (secondary N) is 1. The Hall–Kier alpha value is -2.67. The third-order valence-electron chi connectivity index (χ3n) is 6.06. The summed E-state index contributed by atoms with van der Waals surface area (Å²) in [4.78, 5) is 13.7. The van der Waals surface area contributed by atoms with E-state index in [0.717, 1.165) is 30.2 Å². The molecule has 1 unspecified atom stereocenters. The van der Waals surface area contributed by atoms with E-state index >= 15 is 0 Å². The number of carbonyl (C=O) groups is 1. The molecule has 1 fully saturated rings. The minimum absolute atomic E-state index is 0.00261. The van der Waals surface area contributed by atoms with Crippen molar-refractivity contribution in [1.29, 1.82) is 0 Å². The van der Waals surface area contributed by atoms with Crippen molar-refractivity contribution >= 4 is 17.3 Å². The maximum Gasteiger partial charge on any atom is 0.248 e. The van der Waals surface area contributed by atoms with Crippen molar-refractivity contribution < 1.29 is 18.7 Å². The second-order valence-electron chi connectivity index (χ2n) is 8.11. The molecule has 2 aromatic rings. The van der Waals surface area contributed by atoms with Crippen molar-refractivity contribution in [3.63, 3.8) is 0 Å². The SMILES string of the molecule is CC(O)N1c2ccc(C(N)=O)cc2[C@H](Nc2ccc(F)cc2F)[C@@H](C)[C@@H]1C1CC1. The lowest BCUT2D eigenvalue weighted by atomic mass is 9.79. The van der Waals surface area contributed by atoms with E-state index in [2.05, 4.69) is 12.2 Å². The van der Waals surface area contributed by atoms with E-state index in [1.807, 2.05) is 4.90 Å². The first-order valence-electron chi connectivity index (χ1n) is 9.89. The third kappa shape index (κ3) is 3.55. The van der Waals surface area contributed by atoms with E-state index < -0.39 is 23.8 Å². The molecule has 1 amide bonds. The summed E-state index contributed by atoms with van der Waals surface area (Å²) in [6, 6.07) is 8.30. The normalized spacial score (nSPS) is 24.7. The van der Waals surface area contributed by atoms with Crippen LogP contribution in [-0.2, 0) is 0 Å². The van der Waals surface area contributed by atoms with Crippen molar-refractivity contribution in [2.75, 3.05) is 10.2 Å². The van der Waals surface area contributed by atoms with E-state index in [1.165, 1.54) is 12.1 Å². The summed E-state index contributed by atoms with van der Waals surface area (Å²) in [6.45, 7) is 3.78. The van der Waals surface area contributed by atoms with Gasteiger partial charge in [-0.05, 0) is 61.6 Å². The van der Waals surface area contributed by atoms with Gasteiger partial charge in [0.2, 0.25) is 5.91 Å². The number of halogens is 2. The monoisotopic (exact) mass is 401 g/mol. The molecule has 0 spiro atoms. The second kappa shape index (κ2) is 7.30. The molecule has 4 rings (SSSR count). The quantitative estimate of drug-likeness (QED) is 0.712. The van der Waals surface area contributed by atoms with Crippen molar-refractivity contribution in [2.45, 2.75) is 45.0 Å². The van der Waals surface area contributed by atoms with Gasteiger partial charge in [0.15, 0.2) is 0 Å². The Bertz CT molecular complexity index is 946. The molecule has 1 aliphatic heterocycles. The van der Waals surface area contributed by atoms with Crippen LogP contribution in [-0.4, -0.2) is 23.3 Å². The lowest BCUT2D eigenvalue weighted by Crippen LogP contribution is -2.52. The van der Waals surface area contributed by atoms with Crippen LogP contribution in [0.15, 0.2) is 36.4 Å². The van der Waals surface area contributed by atoms with Gasteiger partial charge in [0, 0.05) is 29.3 Å². The average molecular weight is 401 g/mol. The predicted octanol–water partition coefficient (Wildman–Crippen LogP) is 3.79. The predicted molar refractivity (Wildman–Crippen MR) is 108 cm³/mol. The highest BCUT2D eigenvalue weighted by Crippen LogP contribution is 2.50. The summed E-state index contributed by atoms with van der Waals surface area (Å²) in [5.41, 5.74) is 7.57. The lowest BCUT2D eigenvalue weighted by Gasteiger charge is -2.48. The number of aliphatic hydroxyl groups is 1. The molecule has 29 heavy (non-hydrogen) atoms. The van der Waals surface area contributed by atoms with E-state index in [0.29, 0.717) is 11.5 Å². The Balaban J connectivity index is 1.83. The molecule has 154 valence electrons. The molecule has 0 aromatic heterocycles. The molecule has 1 saturated carbocycles. The van der Waals surface area contributed by atoms with Gasteiger partial charge in [0.25, 0.3) is 0 Å². The number of nitrogens with zero attached hydrogens (tertiary/aromatic N) is 1. The van der Waals surface area contributed by atoms with Crippen LogP contribution >= 0.6 is 0 Å². The largest absolute Gasteiger partial charge is 0.375 e. The summed E-state index contributed by atoms with van der Waals surface area (Å²) >= 11 is 0. The number of amides is 1. The molecule has 5 nitrogen and oxygen atoms in total. The van der Waals surface area contributed by atoms with Crippen LogP contribution in [0.4, 0.5) is 20.2 Å². The van der Waals surface area contributed by atoms with Gasteiger partial charge in [-0.25, -0.2) is 8.78 Å². The minimum Gasteiger partial charge on any atom is -0.375 e. The number of benzene rings is 2. The Morgan fingerprint density at radius 2 is 1.97 bits per heavy atom. The first-order valence-corrected chi connectivity index (χ1v) is 9.89. The van der Waals surface area contributed by atoms with Crippen LogP contribution < -0.4 is 16.0 Å². The van der Waals surface area contributed by atoms with E-state index in [9.17, 15) is 18.7 Å². The first-order chi connectivity index (χ1) is 13.8. The fraction of sp³-hybridized carbons (Fsp3) is 0.409. The zero-order chi connectivity index (χ0) is 20.9.